The van der Waals surface area contributed by atoms with Gasteiger partial charge in [0.25, 0.3) is 0 Å². The highest BCUT2D eigenvalue weighted by molar-refractivity contribution is 5.37. The summed E-state index contributed by atoms with van der Waals surface area (Å²) < 4.78 is 5.05. The third-order valence-corrected chi connectivity index (χ3v) is 1.82. The molecule has 96 valence electrons. The molecule has 17 heavy (non-hydrogen) atoms. The number of methoxy groups -OCH3 is 1. The van der Waals surface area contributed by atoms with Gasteiger partial charge in [-0.2, -0.15) is 15.0 Å². The molecular formula is C11H21N5O. The molecular weight excluding hydrogens is 218 g/mol. The lowest BCUT2D eigenvalue weighted by Crippen LogP contribution is -2.27. The molecule has 0 aromatic carbocycles. The number of nitrogens with zero attached hydrogens (tertiary/aromatic N) is 3. The molecule has 0 amide bonds. The van der Waals surface area contributed by atoms with Crippen molar-refractivity contribution in [3.63, 3.8) is 0 Å². The van der Waals surface area contributed by atoms with Gasteiger partial charge in [-0.25, -0.2) is 0 Å². The molecule has 1 aromatic rings. The third kappa shape index (κ3) is 4.84. The standard InChI is InChI=1S/C11H21N5O/c1-6-7-12-8-13-9(16-11(2,3)4)15-10(14-8)17-5/h6-7H2,1-5H3,(H2,12,13,14,15,16). The summed E-state index contributed by atoms with van der Waals surface area (Å²) in [6, 6.07) is 0.311. The maximum absolute atomic E-state index is 5.05. The van der Waals surface area contributed by atoms with Crippen molar-refractivity contribution in [3.8, 4) is 6.01 Å². The number of anilines is 2. The fourth-order valence-electron chi connectivity index (χ4n) is 1.15. The van der Waals surface area contributed by atoms with Crippen LogP contribution in [0.15, 0.2) is 0 Å². The summed E-state index contributed by atoms with van der Waals surface area (Å²) in [4.78, 5) is 12.6. The molecule has 0 spiro atoms. The van der Waals surface area contributed by atoms with Crippen LogP contribution in [0, 0.1) is 0 Å². The van der Waals surface area contributed by atoms with Gasteiger partial charge in [-0.05, 0) is 27.2 Å². The molecule has 0 atom stereocenters. The second kappa shape index (κ2) is 5.65. The van der Waals surface area contributed by atoms with E-state index in [9.17, 15) is 0 Å². The van der Waals surface area contributed by atoms with E-state index in [1.165, 1.54) is 0 Å². The monoisotopic (exact) mass is 239 g/mol. The summed E-state index contributed by atoms with van der Waals surface area (Å²) in [5.74, 6) is 1.05. The summed E-state index contributed by atoms with van der Waals surface area (Å²) in [5.41, 5.74) is -0.103. The van der Waals surface area contributed by atoms with Crippen LogP contribution in [0.2, 0.25) is 0 Å². The second-order valence-electron chi connectivity index (χ2n) is 4.77. The van der Waals surface area contributed by atoms with Gasteiger partial charge in [0.05, 0.1) is 7.11 Å². The van der Waals surface area contributed by atoms with Crippen molar-refractivity contribution >= 4 is 11.9 Å². The molecule has 0 aliphatic rings. The average molecular weight is 239 g/mol. The predicted molar refractivity (Wildman–Crippen MR) is 68.5 cm³/mol. The van der Waals surface area contributed by atoms with Crippen LogP contribution in [-0.2, 0) is 0 Å². The molecule has 1 aromatic heterocycles. The zero-order valence-corrected chi connectivity index (χ0v) is 11.2. The smallest absolute Gasteiger partial charge is 0.322 e. The van der Waals surface area contributed by atoms with Gasteiger partial charge >= 0.3 is 6.01 Å². The highest BCUT2D eigenvalue weighted by Crippen LogP contribution is 2.14. The Bertz CT molecular complexity index is 361. The molecule has 0 bridgehead atoms. The lowest BCUT2D eigenvalue weighted by Gasteiger charge is -2.20. The van der Waals surface area contributed by atoms with Crippen LogP contribution < -0.4 is 15.4 Å². The van der Waals surface area contributed by atoms with Crippen LogP contribution in [0.5, 0.6) is 6.01 Å². The van der Waals surface area contributed by atoms with E-state index < -0.39 is 0 Å². The van der Waals surface area contributed by atoms with Crippen LogP contribution in [-0.4, -0.2) is 34.1 Å². The Balaban J connectivity index is 2.88. The van der Waals surface area contributed by atoms with Gasteiger partial charge in [0.1, 0.15) is 0 Å². The van der Waals surface area contributed by atoms with Crippen LogP contribution in [0.3, 0.4) is 0 Å². The molecule has 0 saturated heterocycles. The average Bonchev–Trinajstić information content (AvgIpc) is 2.23. The van der Waals surface area contributed by atoms with Crippen molar-refractivity contribution in [3.05, 3.63) is 0 Å². The van der Waals surface area contributed by atoms with E-state index in [1.54, 1.807) is 7.11 Å². The van der Waals surface area contributed by atoms with Crippen molar-refractivity contribution in [1.82, 2.24) is 15.0 Å². The number of ether oxygens (including phenoxy) is 1. The summed E-state index contributed by atoms with van der Waals surface area (Å²) >= 11 is 0. The molecule has 0 saturated carbocycles. The van der Waals surface area contributed by atoms with Crippen LogP contribution in [0.25, 0.3) is 0 Å². The first-order valence-corrected chi connectivity index (χ1v) is 5.76. The van der Waals surface area contributed by atoms with E-state index in [4.69, 9.17) is 4.74 Å². The molecule has 0 unspecified atom stereocenters. The van der Waals surface area contributed by atoms with E-state index >= 15 is 0 Å². The van der Waals surface area contributed by atoms with Crippen LogP contribution >= 0.6 is 0 Å². The SMILES string of the molecule is CCCNc1nc(NC(C)(C)C)nc(OC)n1. The van der Waals surface area contributed by atoms with Gasteiger partial charge in [-0.15, -0.1) is 0 Å². The maximum Gasteiger partial charge on any atom is 0.322 e. The number of nitrogens with one attached hydrogen (secondary N) is 2. The molecule has 0 fully saturated rings. The van der Waals surface area contributed by atoms with E-state index in [2.05, 4.69) is 32.5 Å². The van der Waals surface area contributed by atoms with Crippen molar-refractivity contribution in [2.45, 2.75) is 39.7 Å². The topological polar surface area (TPSA) is 72.0 Å². The van der Waals surface area contributed by atoms with Gasteiger partial charge in [-0.1, -0.05) is 6.92 Å². The minimum atomic E-state index is -0.103. The number of aromatic nitrogens is 3. The Morgan fingerprint density at radius 2 is 1.76 bits per heavy atom. The van der Waals surface area contributed by atoms with E-state index in [0.29, 0.717) is 17.9 Å². The Morgan fingerprint density at radius 1 is 1.12 bits per heavy atom. The summed E-state index contributed by atoms with van der Waals surface area (Å²) in [7, 11) is 1.54. The van der Waals surface area contributed by atoms with E-state index in [-0.39, 0.29) is 5.54 Å². The van der Waals surface area contributed by atoms with E-state index in [1.807, 2.05) is 20.8 Å². The third-order valence-electron chi connectivity index (χ3n) is 1.82. The highest BCUT2D eigenvalue weighted by atomic mass is 16.5. The molecule has 2 N–H and O–H groups in total. The first-order valence-electron chi connectivity index (χ1n) is 5.76. The predicted octanol–water partition coefficient (Wildman–Crippen LogP) is 1.91. The Kier molecular flexibility index (Phi) is 4.48. The van der Waals surface area contributed by atoms with Gasteiger partial charge in [0.15, 0.2) is 0 Å². The van der Waals surface area contributed by atoms with Gasteiger partial charge in [0.2, 0.25) is 11.9 Å². The number of hydrogen-bond donors (Lipinski definition) is 2. The normalized spacial score (nSPS) is 11.1. The lowest BCUT2D eigenvalue weighted by molar-refractivity contribution is 0.379. The maximum atomic E-state index is 5.05. The van der Waals surface area contributed by atoms with Crippen molar-refractivity contribution in [2.75, 3.05) is 24.3 Å². The first kappa shape index (κ1) is 13.5. The molecule has 0 aliphatic carbocycles. The fourth-order valence-corrected chi connectivity index (χ4v) is 1.15. The Morgan fingerprint density at radius 3 is 2.29 bits per heavy atom. The number of rotatable bonds is 5. The summed E-state index contributed by atoms with van der Waals surface area (Å²) in [6.45, 7) is 9.04. The largest absolute Gasteiger partial charge is 0.467 e. The number of hydrogen-bond acceptors (Lipinski definition) is 6. The van der Waals surface area contributed by atoms with Crippen LogP contribution in [0.1, 0.15) is 34.1 Å². The highest BCUT2D eigenvalue weighted by Gasteiger charge is 2.13. The fraction of sp³-hybridized carbons (Fsp3) is 0.727. The molecule has 0 aliphatic heterocycles. The second-order valence-corrected chi connectivity index (χ2v) is 4.77. The Labute approximate surface area is 102 Å². The van der Waals surface area contributed by atoms with Crippen molar-refractivity contribution in [2.24, 2.45) is 0 Å². The molecule has 1 rings (SSSR count). The summed E-state index contributed by atoms with van der Waals surface area (Å²) in [5, 5.41) is 6.30. The molecule has 6 nitrogen and oxygen atoms in total. The van der Waals surface area contributed by atoms with Crippen LogP contribution in [0.4, 0.5) is 11.9 Å². The van der Waals surface area contributed by atoms with Crippen molar-refractivity contribution in [1.29, 1.82) is 0 Å². The molecule has 6 heteroatoms. The van der Waals surface area contributed by atoms with Gasteiger partial charge in [-0.3, -0.25) is 0 Å². The quantitative estimate of drug-likeness (QED) is 0.817. The van der Waals surface area contributed by atoms with E-state index in [0.717, 1.165) is 13.0 Å². The minimum Gasteiger partial charge on any atom is -0.467 e. The van der Waals surface area contributed by atoms with Gasteiger partial charge in [0, 0.05) is 12.1 Å². The van der Waals surface area contributed by atoms with Crippen molar-refractivity contribution < 1.29 is 4.74 Å². The molecule has 1 heterocycles. The minimum absolute atomic E-state index is 0.103. The zero-order chi connectivity index (χ0) is 12.9. The summed E-state index contributed by atoms with van der Waals surface area (Å²) in [6.07, 6.45) is 1.01. The van der Waals surface area contributed by atoms with Gasteiger partial charge < -0.3 is 15.4 Å². The molecule has 0 radical (unpaired) electrons. The Hall–Kier alpha value is -1.59. The lowest BCUT2D eigenvalue weighted by atomic mass is 10.1. The first-order chi connectivity index (χ1) is 7.94. The zero-order valence-electron chi connectivity index (χ0n) is 11.2.